The van der Waals surface area contributed by atoms with Gasteiger partial charge in [0, 0.05) is 31.6 Å². The number of nitrogens with zero attached hydrogens (tertiary/aromatic N) is 1. The number of aliphatic hydroxyl groups is 1. The molecule has 2 N–H and O–H groups in total. The molecule has 1 unspecified atom stereocenters. The van der Waals surface area contributed by atoms with Crippen molar-refractivity contribution in [1.82, 2.24) is 0 Å². The maximum absolute atomic E-state index is 13.5. The van der Waals surface area contributed by atoms with Crippen molar-refractivity contribution in [2.75, 3.05) is 18.1 Å². The van der Waals surface area contributed by atoms with Crippen LogP contribution in [-0.2, 0) is 4.79 Å². The molecule has 1 amide bonds. The molecule has 0 saturated carbocycles. The second-order valence-corrected chi connectivity index (χ2v) is 3.89. The Labute approximate surface area is 91.9 Å². The molecule has 1 aliphatic rings. The van der Waals surface area contributed by atoms with Crippen molar-refractivity contribution >= 4 is 11.6 Å². The van der Waals surface area contributed by atoms with Crippen molar-refractivity contribution in [1.29, 1.82) is 0 Å². The first-order valence-corrected chi connectivity index (χ1v) is 5.01. The van der Waals surface area contributed by atoms with Gasteiger partial charge in [-0.1, -0.05) is 0 Å². The van der Waals surface area contributed by atoms with E-state index in [0.29, 0.717) is 6.54 Å². The fraction of sp³-hybridized carbons (Fsp3) is 0.364. The second-order valence-electron chi connectivity index (χ2n) is 3.89. The van der Waals surface area contributed by atoms with Gasteiger partial charge in [-0.25, -0.2) is 4.39 Å². The smallest absolute Gasteiger partial charge is 0.227 e. The number of anilines is 1. The lowest BCUT2D eigenvalue weighted by Gasteiger charge is -2.17. The summed E-state index contributed by atoms with van der Waals surface area (Å²) in [5.41, 5.74) is 0.152. The van der Waals surface area contributed by atoms with Gasteiger partial charge in [-0.2, -0.15) is 0 Å². The van der Waals surface area contributed by atoms with Gasteiger partial charge in [0.2, 0.25) is 5.91 Å². The summed E-state index contributed by atoms with van der Waals surface area (Å²) in [5.74, 6) is -1.15. The molecule has 1 atom stereocenters. The highest BCUT2D eigenvalue weighted by molar-refractivity contribution is 5.95. The zero-order valence-electron chi connectivity index (χ0n) is 8.56. The Morgan fingerprint density at radius 1 is 1.50 bits per heavy atom. The molecule has 2 rings (SSSR count). The molecule has 1 fully saturated rings. The van der Waals surface area contributed by atoms with Crippen LogP contribution in [0.2, 0.25) is 0 Å². The van der Waals surface area contributed by atoms with Crippen LogP contribution in [0.3, 0.4) is 0 Å². The standard InChI is InChI=1S/C11H12FNO3/c12-9-4-8(15)1-2-10(9)13-5-7(6-14)3-11(13)16/h1-2,4,7,14-15H,3,5-6H2. The van der Waals surface area contributed by atoms with E-state index in [1.165, 1.54) is 17.0 Å². The molecule has 86 valence electrons. The lowest BCUT2D eigenvalue weighted by Crippen LogP contribution is -2.25. The second kappa shape index (κ2) is 4.09. The number of phenols is 1. The van der Waals surface area contributed by atoms with Gasteiger partial charge in [0.25, 0.3) is 0 Å². The summed E-state index contributed by atoms with van der Waals surface area (Å²) in [4.78, 5) is 12.9. The summed E-state index contributed by atoms with van der Waals surface area (Å²) in [6.07, 6.45) is 0.233. The van der Waals surface area contributed by atoms with Gasteiger partial charge in [0.15, 0.2) is 5.82 Å². The fourth-order valence-corrected chi connectivity index (χ4v) is 1.85. The van der Waals surface area contributed by atoms with Gasteiger partial charge in [0.1, 0.15) is 5.75 Å². The van der Waals surface area contributed by atoms with Crippen LogP contribution in [0, 0.1) is 11.7 Å². The molecular formula is C11H12FNO3. The zero-order valence-corrected chi connectivity index (χ0v) is 8.56. The molecule has 1 heterocycles. The van der Waals surface area contributed by atoms with E-state index in [0.717, 1.165) is 6.07 Å². The van der Waals surface area contributed by atoms with E-state index in [1.54, 1.807) is 0 Å². The van der Waals surface area contributed by atoms with Crippen LogP contribution in [0.15, 0.2) is 18.2 Å². The predicted molar refractivity (Wildman–Crippen MR) is 55.6 cm³/mol. The normalized spacial score (nSPS) is 20.5. The highest BCUT2D eigenvalue weighted by Crippen LogP contribution is 2.29. The molecule has 0 spiro atoms. The number of amides is 1. The Balaban J connectivity index is 2.28. The summed E-state index contributed by atoms with van der Waals surface area (Å²) >= 11 is 0. The van der Waals surface area contributed by atoms with Crippen LogP contribution in [-0.4, -0.2) is 29.3 Å². The van der Waals surface area contributed by atoms with Crippen molar-refractivity contribution in [3.05, 3.63) is 24.0 Å². The number of carbonyl (C=O) groups excluding carboxylic acids is 1. The first kappa shape index (κ1) is 10.9. The van der Waals surface area contributed by atoms with Crippen LogP contribution in [0.4, 0.5) is 10.1 Å². The topological polar surface area (TPSA) is 60.8 Å². The quantitative estimate of drug-likeness (QED) is 0.785. The van der Waals surface area contributed by atoms with E-state index in [-0.39, 0.29) is 36.3 Å². The summed E-state index contributed by atoms with van der Waals surface area (Å²) in [6, 6.07) is 3.66. The fourth-order valence-electron chi connectivity index (χ4n) is 1.85. The number of aromatic hydroxyl groups is 1. The third kappa shape index (κ3) is 1.86. The van der Waals surface area contributed by atoms with Crippen molar-refractivity contribution in [3.63, 3.8) is 0 Å². The molecule has 1 saturated heterocycles. The average molecular weight is 225 g/mol. The average Bonchev–Trinajstić information content (AvgIpc) is 2.60. The molecule has 1 aromatic carbocycles. The maximum atomic E-state index is 13.5. The van der Waals surface area contributed by atoms with E-state index >= 15 is 0 Å². The number of halogens is 1. The van der Waals surface area contributed by atoms with Crippen LogP contribution >= 0.6 is 0 Å². The number of phenolic OH excluding ortho intramolecular Hbond substituents is 1. The highest BCUT2D eigenvalue weighted by atomic mass is 19.1. The van der Waals surface area contributed by atoms with Gasteiger partial charge in [0.05, 0.1) is 5.69 Å². The Morgan fingerprint density at radius 3 is 2.81 bits per heavy atom. The van der Waals surface area contributed by atoms with Crippen LogP contribution in [0.5, 0.6) is 5.75 Å². The Morgan fingerprint density at radius 2 is 2.25 bits per heavy atom. The summed E-state index contributed by atoms with van der Waals surface area (Å²) in [5, 5.41) is 18.0. The van der Waals surface area contributed by atoms with E-state index < -0.39 is 5.82 Å². The molecule has 0 aromatic heterocycles. The first-order chi connectivity index (χ1) is 7.61. The minimum Gasteiger partial charge on any atom is -0.508 e. The van der Waals surface area contributed by atoms with E-state index in [1.807, 2.05) is 0 Å². The zero-order chi connectivity index (χ0) is 11.7. The summed E-state index contributed by atoms with van der Waals surface area (Å²) in [6.45, 7) is 0.235. The first-order valence-electron chi connectivity index (χ1n) is 5.01. The molecule has 5 heteroatoms. The van der Waals surface area contributed by atoms with Crippen LogP contribution in [0.1, 0.15) is 6.42 Å². The number of hydrogen-bond donors (Lipinski definition) is 2. The molecule has 0 bridgehead atoms. The number of rotatable bonds is 2. The van der Waals surface area contributed by atoms with Crippen molar-refractivity contribution in [3.8, 4) is 5.75 Å². The van der Waals surface area contributed by atoms with Gasteiger partial charge in [-0.05, 0) is 12.1 Å². The third-order valence-electron chi connectivity index (χ3n) is 2.69. The van der Waals surface area contributed by atoms with Gasteiger partial charge in [-0.3, -0.25) is 4.79 Å². The summed E-state index contributed by atoms with van der Waals surface area (Å²) in [7, 11) is 0. The van der Waals surface area contributed by atoms with E-state index in [9.17, 15) is 9.18 Å². The molecule has 1 aliphatic heterocycles. The molecule has 0 aliphatic carbocycles. The minimum absolute atomic E-state index is 0.0814. The number of benzene rings is 1. The Kier molecular flexibility index (Phi) is 2.78. The Bertz CT molecular complexity index is 422. The van der Waals surface area contributed by atoms with Gasteiger partial charge in [-0.15, -0.1) is 0 Å². The molecule has 0 radical (unpaired) electrons. The van der Waals surface area contributed by atoms with Crippen LogP contribution < -0.4 is 4.90 Å². The van der Waals surface area contributed by atoms with Crippen LogP contribution in [0.25, 0.3) is 0 Å². The minimum atomic E-state index is -0.632. The van der Waals surface area contributed by atoms with Crippen molar-refractivity contribution < 1.29 is 19.4 Å². The molecule has 4 nitrogen and oxygen atoms in total. The highest BCUT2D eigenvalue weighted by Gasteiger charge is 2.31. The number of aliphatic hydroxyl groups excluding tert-OH is 1. The maximum Gasteiger partial charge on any atom is 0.227 e. The Hall–Kier alpha value is -1.62. The van der Waals surface area contributed by atoms with Gasteiger partial charge >= 0.3 is 0 Å². The summed E-state index contributed by atoms with van der Waals surface area (Å²) < 4.78 is 13.5. The third-order valence-corrected chi connectivity index (χ3v) is 2.69. The van der Waals surface area contributed by atoms with Crippen molar-refractivity contribution in [2.24, 2.45) is 5.92 Å². The SMILES string of the molecule is O=C1CC(CO)CN1c1ccc(O)cc1F. The van der Waals surface area contributed by atoms with Crippen molar-refractivity contribution in [2.45, 2.75) is 6.42 Å². The largest absolute Gasteiger partial charge is 0.508 e. The van der Waals surface area contributed by atoms with E-state index in [4.69, 9.17) is 10.2 Å². The van der Waals surface area contributed by atoms with E-state index in [2.05, 4.69) is 0 Å². The number of hydrogen-bond acceptors (Lipinski definition) is 3. The lowest BCUT2D eigenvalue weighted by atomic mass is 10.1. The van der Waals surface area contributed by atoms with Gasteiger partial charge < -0.3 is 15.1 Å². The predicted octanol–water partition coefficient (Wildman–Crippen LogP) is 0.876. The molecule has 1 aromatic rings. The number of carbonyl (C=O) groups is 1. The monoisotopic (exact) mass is 225 g/mol. The lowest BCUT2D eigenvalue weighted by molar-refractivity contribution is -0.117. The molecule has 16 heavy (non-hydrogen) atoms. The molecular weight excluding hydrogens is 213 g/mol.